The number of fused-ring (bicyclic) bond motifs is 1. The average molecular weight is 202 g/mol. The van der Waals surface area contributed by atoms with Gasteiger partial charge in [-0.15, -0.1) is 0 Å². The third kappa shape index (κ3) is 2.08. The normalized spacial score (nSPS) is 41.6. The predicted octanol–water partition coefficient (Wildman–Crippen LogP) is 0.678. The van der Waals surface area contributed by atoms with Crippen LogP contribution in [0.4, 0.5) is 0 Å². The number of hydrogen-bond donors (Lipinski definition) is 1. The van der Waals surface area contributed by atoms with E-state index in [0.29, 0.717) is 6.61 Å². The summed E-state index contributed by atoms with van der Waals surface area (Å²) in [6.45, 7) is 3.26. The molecule has 0 aromatic heterocycles. The quantitative estimate of drug-likeness (QED) is 0.681. The van der Waals surface area contributed by atoms with Gasteiger partial charge in [0, 0.05) is 13.0 Å². The van der Waals surface area contributed by atoms with Crippen molar-refractivity contribution < 1.29 is 19.3 Å². The van der Waals surface area contributed by atoms with Crippen LogP contribution < -0.4 is 0 Å². The summed E-state index contributed by atoms with van der Waals surface area (Å²) in [7, 11) is 0. The molecule has 2 fully saturated rings. The SMILES string of the molecule is CCCCOC1CC2OCC(O)C2O1. The number of aliphatic hydroxyl groups excluding tert-OH is 1. The van der Waals surface area contributed by atoms with E-state index in [0.717, 1.165) is 25.9 Å². The zero-order valence-electron chi connectivity index (χ0n) is 8.52. The first-order valence-electron chi connectivity index (χ1n) is 5.38. The van der Waals surface area contributed by atoms with Crippen LogP contribution in [0.15, 0.2) is 0 Å². The van der Waals surface area contributed by atoms with Crippen LogP contribution in [0.2, 0.25) is 0 Å². The Bertz CT molecular complexity index is 185. The highest BCUT2D eigenvalue weighted by molar-refractivity contribution is 4.90. The number of ether oxygens (including phenoxy) is 3. The minimum atomic E-state index is -0.472. The molecule has 2 rings (SSSR count). The number of unbranched alkanes of at least 4 members (excludes halogenated alkanes) is 1. The third-order valence-electron chi connectivity index (χ3n) is 2.76. The molecule has 0 bridgehead atoms. The van der Waals surface area contributed by atoms with Gasteiger partial charge in [-0.05, 0) is 6.42 Å². The van der Waals surface area contributed by atoms with Crippen LogP contribution in [0.3, 0.4) is 0 Å². The fourth-order valence-electron chi connectivity index (χ4n) is 1.93. The van der Waals surface area contributed by atoms with Crippen LogP contribution in [0.5, 0.6) is 0 Å². The second kappa shape index (κ2) is 4.57. The molecule has 2 aliphatic rings. The van der Waals surface area contributed by atoms with Crippen LogP contribution in [-0.2, 0) is 14.2 Å². The van der Waals surface area contributed by atoms with Crippen LogP contribution >= 0.6 is 0 Å². The molecular weight excluding hydrogens is 184 g/mol. The Kier molecular flexibility index (Phi) is 3.38. The van der Waals surface area contributed by atoms with Gasteiger partial charge in [0.05, 0.1) is 12.7 Å². The van der Waals surface area contributed by atoms with Crippen LogP contribution in [0.1, 0.15) is 26.2 Å². The molecule has 2 saturated heterocycles. The van der Waals surface area contributed by atoms with Gasteiger partial charge in [-0.25, -0.2) is 0 Å². The van der Waals surface area contributed by atoms with Crippen molar-refractivity contribution in [2.45, 2.75) is 50.8 Å². The lowest BCUT2D eigenvalue weighted by Gasteiger charge is -2.14. The smallest absolute Gasteiger partial charge is 0.160 e. The van der Waals surface area contributed by atoms with Crippen molar-refractivity contribution in [3.63, 3.8) is 0 Å². The first kappa shape index (κ1) is 10.4. The highest BCUT2D eigenvalue weighted by Crippen LogP contribution is 2.31. The van der Waals surface area contributed by atoms with E-state index in [2.05, 4.69) is 6.92 Å². The summed E-state index contributed by atoms with van der Waals surface area (Å²) < 4.78 is 16.4. The molecule has 82 valence electrons. The fourth-order valence-corrected chi connectivity index (χ4v) is 1.93. The molecule has 1 N–H and O–H groups in total. The van der Waals surface area contributed by atoms with Crippen molar-refractivity contribution in [1.82, 2.24) is 0 Å². The summed E-state index contributed by atoms with van der Waals surface area (Å²) in [5.74, 6) is 0. The molecule has 4 atom stereocenters. The topological polar surface area (TPSA) is 47.9 Å². The van der Waals surface area contributed by atoms with E-state index in [1.165, 1.54) is 0 Å². The Morgan fingerprint density at radius 1 is 1.50 bits per heavy atom. The van der Waals surface area contributed by atoms with E-state index in [4.69, 9.17) is 14.2 Å². The van der Waals surface area contributed by atoms with E-state index in [1.807, 2.05) is 0 Å². The molecule has 4 nitrogen and oxygen atoms in total. The van der Waals surface area contributed by atoms with Crippen molar-refractivity contribution in [2.24, 2.45) is 0 Å². The minimum Gasteiger partial charge on any atom is -0.388 e. The lowest BCUT2D eigenvalue weighted by atomic mass is 10.1. The third-order valence-corrected chi connectivity index (χ3v) is 2.76. The van der Waals surface area contributed by atoms with Gasteiger partial charge in [0.2, 0.25) is 0 Å². The summed E-state index contributed by atoms with van der Waals surface area (Å²) in [6, 6.07) is 0. The summed E-state index contributed by atoms with van der Waals surface area (Å²) in [5.41, 5.74) is 0. The zero-order valence-corrected chi connectivity index (χ0v) is 8.52. The molecular formula is C10H18O4. The van der Waals surface area contributed by atoms with Gasteiger partial charge in [0.1, 0.15) is 12.2 Å². The lowest BCUT2D eigenvalue weighted by Crippen LogP contribution is -2.27. The summed E-state index contributed by atoms with van der Waals surface area (Å²) in [6.07, 6.45) is 2.16. The maximum atomic E-state index is 9.48. The number of aliphatic hydroxyl groups is 1. The van der Waals surface area contributed by atoms with Gasteiger partial charge in [0.25, 0.3) is 0 Å². The Balaban J connectivity index is 1.72. The molecule has 0 aromatic carbocycles. The van der Waals surface area contributed by atoms with Crippen molar-refractivity contribution in [1.29, 1.82) is 0 Å². The average Bonchev–Trinajstić information content (AvgIpc) is 2.70. The molecule has 4 unspecified atom stereocenters. The molecule has 0 aromatic rings. The van der Waals surface area contributed by atoms with Crippen molar-refractivity contribution in [2.75, 3.05) is 13.2 Å². The number of rotatable bonds is 4. The zero-order chi connectivity index (χ0) is 9.97. The molecule has 0 saturated carbocycles. The van der Waals surface area contributed by atoms with E-state index in [9.17, 15) is 5.11 Å². The maximum absolute atomic E-state index is 9.48. The Morgan fingerprint density at radius 3 is 3.07 bits per heavy atom. The summed E-state index contributed by atoms with van der Waals surface area (Å²) in [4.78, 5) is 0. The molecule has 0 aliphatic carbocycles. The highest BCUT2D eigenvalue weighted by atomic mass is 16.7. The maximum Gasteiger partial charge on any atom is 0.160 e. The van der Waals surface area contributed by atoms with Crippen molar-refractivity contribution in [3.05, 3.63) is 0 Å². The van der Waals surface area contributed by atoms with Gasteiger partial charge in [-0.2, -0.15) is 0 Å². The molecule has 0 amide bonds. The summed E-state index contributed by atoms with van der Waals surface area (Å²) in [5, 5.41) is 9.48. The molecule has 2 aliphatic heterocycles. The molecule has 14 heavy (non-hydrogen) atoms. The fraction of sp³-hybridized carbons (Fsp3) is 1.00. The molecule has 0 spiro atoms. The Hall–Kier alpha value is -0.160. The highest BCUT2D eigenvalue weighted by Gasteiger charge is 2.45. The lowest BCUT2D eigenvalue weighted by molar-refractivity contribution is -0.150. The van der Waals surface area contributed by atoms with Gasteiger partial charge < -0.3 is 19.3 Å². The Morgan fingerprint density at radius 2 is 2.36 bits per heavy atom. The molecule has 0 radical (unpaired) electrons. The molecule has 2 heterocycles. The van der Waals surface area contributed by atoms with Crippen molar-refractivity contribution >= 4 is 0 Å². The van der Waals surface area contributed by atoms with E-state index >= 15 is 0 Å². The van der Waals surface area contributed by atoms with Gasteiger partial charge in [-0.1, -0.05) is 13.3 Å². The second-order valence-electron chi connectivity index (χ2n) is 3.93. The van der Waals surface area contributed by atoms with Gasteiger partial charge >= 0.3 is 0 Å². The van der Waals surface area contributed by atoms with Crippen molar-refractivity contribution in [3.8, 4) is 0 Å². The van der Waals surface area contributed by atoms with E-state index in [1.54, 1.807) is 0 Å². The minimum absolute atomic E-state index is 0.0385. The van der Waals surface area contributed by atoms with Gasteiger partial charge in [0.15, 0.2) is 6.29 Å². The second-order valence-corrected chi connectivity index (χ2v) is 3.93. The summed E-state index contributed by atoms with van der Waals surface area (Å²) >= 11 is 0. The first-order valence-corrected chi connectivity index (χ1v) is 5.38. The Labute approximate surface area is 84.1 Å². The van der Waals surface area contributed by atoms with Crippen LogP contribution in [0.25, 0.3) is 0 Å². The number of hydrogen-bond acceptors (Lipinski definition) is 4. The largest absolute Gasteiger partial charge is 0.388 e. The van der Waals surface area contributed by atoms with E-state index < -0.39 is 6.10 Å². The van der Waals surface area contributed by atoms with Gasteiger partial charge in [-0.3, -0.25) is 0 Å². The first-order chi connectivity index (χ1) is 6.81. The monoisotopic (exact) mass is 202 g/mol. The van der Waals surface area contributed by atoms with E-state index in [-0.39, 0.29) is 18.5 Å². The van der Waals surface area contributed by atoms with Crippen LogP contribution in [-0.4, -0.2) is 42.9 Å². The molecule has 4 heteroatoms. The standard InChI is InChI=1S/C10H18O4/c1-2-3-4-12-9-5-8-10(14-9)7(11)6-13-8/h7-11H,2-6H2,1H3. The van der Waals surface area contributed by atoms with Crippen LogP contribution in [0, 0.1) is 0 Å². The predicted molar refractivity (Wildman–Crippen MR) is 49.9 cm³/mol.